The minimum Gasteiger partial charge on any atom is -0.507 e. The molecule has 180 valence electrons. The molecule has 1 aliphatic heterocycles. The van der Waals surface area contributed by atoms with Gasteiger partial charge in [-0.05, 0) is 60.4 Å². The Hall–Kier alpha value is -3.28. The van der Waals surface area contributed by atoms with Crippen LogP contribution in [-0.2, 0) is 9.59 Å². The lowest BCUT2D eigenvalue weighted by atomic mass is 9.95. The quantitative estimate of drug-likeness (QED) is 0.221. The Kier molecular flexibility index (Phi) is 7.20. The Bertz CT molecular complexity index is 1330. The van der Waals surface area contributed by atoms with Crippen molar-refractivity contribution in [3.8, 4) is 5.75 Å². The summed E-state index contributed by atoms with van der Waals surface area (Å²) in [6.45, 7) is 6.48. The number of ketones is 1. The van der Waals surface area contributed by atoms with Gasteiger partial charge < -0.3 is 9.84 Å². The molecule has 1 atom stereocenters. The fraction of sp³-hybridized carbons (Fsp3) is 0.214. The molecule has 4 rings (SSSR count). The van der Waals surface area contributed by atoms with E-state index < -0.39 is 17.7 Å². The number of Topliss-reactive ketones (excluding diaryl/α,β-unsaturated/α-hetero) is 1. The van der Waals surface area contributed by atoms with Crippen molar-refractivity contribution in [3.63, 3.8) is 0 Å². The number of benzene rings is 3. The Morgan fingerprint density at radius 1 is 1.00 bits per heavy atom. The highest BCUT2D eigenvalue weighted by Gasteiger charge is 2.47. The van der Waals surface area contributed by atoms with Gasteiger partial charge >= 0.3 is 0 Å². The van der Waals surface area contributed by atoms with Crippen molar-refractivity contribution in [2.45, 2.75) is 26.8 Å². The molecule has 0 aromatic heterocycles. The zero-order valence-electron chi connectivity index (χ0n) is 19.6. The first-order valence-electron chi connectivity index (χ1n) is 11.2. The van der Waals surface area contributed by atoms with Gasteiger partial charge in [0.25, 0.3) is 11.7 Å². The molecule has 1 N–H and O–H groups in total. The average molecular weight is 510 g/mol. The van der Waals surface area contributed by atoms with Gasteiger partial charge in [-0.2, -0.15) is 0 Å². The number of ether oxygens (including phenoxy) is 1. The van der Waals surface area contributed by atoms with E-state index in [2.05, 4.69) is 0 Å². The summed E-state index contributed by atoms with van der Waals surface area (Å²) in [7, 11) is 0. The molecular formula is C28H25Cl2NO4. The fourth-order valence-electron chi connectivity index (χ4n) is 4.03. The van der Waals surface area contributed by atoms with Gasteiger partial charge in [0.15, 0.2) is 0 Å². The second kappa shape index (κ2) is 10.1. The van der Waals surface area contributed by atoms with Crippen molar-refractivity contribution in [2.75, 3.05) is 11.5 Å². The summed E-state index contributed by atoms with van der Waals surface area (Å²) in [6, 6.07) is 18.1. The summed E-state index contributed by atoms with van der Waals surface area (Å²) in [4.78, 5) is 28.0. The van der Waals surface area contributed by atoms with Crippen molar-refractivity contribution in [3.05, 3.63) is 99.0 Å². The van der Waals surface area contributed by atoms with Crippen LogP contribution in [0.15, 0.2) is 72.3 Å². The number of hydrogen-bond donors (Lipinski definition) is 1. The number of amides is 1. The second-order valence-electron chi connectivity index (χ2n) is 8.91. The summed E-state index contributed by atoms with van der Waals surface area (Å²) in [5.74, 6) is -0.929. The summed E-state index contributed by atoms with van der Waals surface area (Å²) in [5.41, 5.74) is 2.35. The minimum absolute atomic E-state index is 0.0316. The number of rotatable bonds is 6. The van der Waals surface area contributed by atoms with Gasteiger partial charge in [-0.15, -0.1) is 0 Å². The molecule has 1 fully saturated rings. The maximum Gasteiger partial charge on any atom is 0.300 e. The van der Waals surface area contributed by atoms with E-state index in [4.69, 9.17) is 27.9 Å². The smallest absolute Gasteiger partial charge is 0.300 e. The van der Waals surface area contributed by atoms with Crippen molar-refractivity contribution < 1.29 is 19.4 Å². The zero-order chi connectivity index (χ0) is 25.3. The van der Waals surface area contributed by atoms with Gasteiger partial charge in [-0.3, -0.25) is 14.5 Å². The molecule has 1 heterocycles. The van der Waals surface area contributed by atoms with Crippen LogP contribution in [0, 0.1) is 12.8 Å². The van der Waals surface area contributed by atoms with Gasteiger partial charge in [0, 0.05) is 11.3 Å². The highest BCUT2D eigenvalue weighted by Crippen LogP contribution is 2.43. The summed E-state index contributed by atoms with van der Waals surface area (Å²) in [5, 5.41) is 12.0. The maximum absolute atomic E-state index is 13.3. The second-order valence-corrected chi connectivity index (χ2v) is 9.73. The SMILES string of the molecule is Cc1cccc(N2C(=O)C(=O)/C(=C(\O)c3cccc(OCC(C)C)c3)C2c2ccc(Cl)c(Cl)c2)c1. The molecule has 5 nitrogen and oxygen atoms in total. The normalized spacial score (nSPS) is 17.3. The Labute approximate surface area is 214 Å². The molecule has 1 saturated heterocycles. The van der Waals surface area contributed by atoms with Crippen molar-refractivity contribution in [1.82, 2.24) is 0 Å². The standard InChI is InChI=1S/C28H25Cl2NO4/c1-16(2)15-35-21-9-5-7-19(13-21)26(32)24-25(18-10-11-22(29)23(30)14-18)31(28(34)27(24)33)20-8-4-6-17(3)12-20/h4-14,16,25,32H,15H2,1-3H3/b26-24-. The van der Waals surface area contributed by atoms with Crippen LogP contribution < -0.4 is 9.64 Å². The molecule has 7 heteroatoms. The number of anilines is 1. The average Bonchev–Trinajstić information content (AvgIpc) is 3.09. The molecule has 1 amide bonds. The lowest BCUT2D eigenvalue weighted by Gasteiger charge is -2.26. The van der Waals surface area contributed by atoms with E-state index in [-0.39, 0.29) is 16.4 Å². The monoisotopic (exact) mass is 509 g/mol. The van der Waals surface area contributed by atoms with E-state index in [0.717, 1.165) is 5.56 Å². The minimum atomic E-state index is -0.896. The van der Waals surface area contributed by atoms with Gasteiger partial charge in [0.05, 0.1) is 28.3 Å². The van der Waals surface area contributed by atoms with Crippen molar-refractivity contribution in [1.29, 1.82) is 0 Å². The predicted octanol–water partition coefficient (Wildman–Crippen LogP) is 6.96. The van der Waals surface area contributed by atoms with Gasteiger partial charge in [-0.25, -0.2) is 0 Å². The number of hydrogen-bond acceptors (Lipinski definition) is 4. The van der Waals surface area contributed by atoms with Crippen LogP contribution >= 0.6 is 23.2 Å². The van der Waals surface area contributed by atoms with E-state index in [0.29, 0.717) is 40.1 Å². The highest BCUT2D eigenvalue weighted by molar-refractivity contribution is 6.51. The van der Waals surface area contributed by atoms with Crippen LogP contribution in [0.2, 0.25) is 10.0 Å². The largest absolute Gasteiger partial charge is 0.507 e. The van der Waals surface area contributed by atoms with Crippen molar-refractivity contribution in [2.24, 2.45) is 5.92 Å². The van der Waals surface area contributed by atoms with Crippen LogP contribution in [0.25, 0.3) is 5.76 Å². The lowest BCUT2D eigenvalue weighted by Crippen LogP contribution is -2.29. The highest BCUT2D eigenvalue weighted by atomic mass is 35.5. The molecule has 0 radical (unpaired) electrons. The van der Waals surface area contributed by atoms with Gasteiger partial charge in [0.1, 0.15) is 11.5 Å². The topological polar surface area (TPSA) is 66.8 Å². The van der Waals surface area contributed by atoms with Crippen LogP contribution in [0.5, 0.6) is 5.75 Å². The van der Waals surface area contributed by atoms with Gasteiger partial charge in [0.2, 0.25) is 0 Å². The van der Waals surface area contributed by atoms with Crippen LogP contribution in [0.3, 0.4) is 0 Å². The summed E-state index contributed by atoms with van der Waals surface area (Å²) in [6.07, 6.45) is 0. The Morgan fingerprint density at radius 2 is 1.74 bits per heavy atom. The van der Waals surface area contributed by atoms with E-state index in [9.17, 15) is 14.7 Å². The van der Waals surface area contributed by atoms with Gasteiger partial charge in [-0.1, -0.05) is 67.4 Å². The predicted molar refractivity (Wildman–Crippen MR) is 139 cm³/mol. The third-order valence-electron chi connectivity index (χ3n) is 5.67. The summed E-state index contributed by atoms with van der Waals surface area (Å²) >= 11 is 12.4. The first-order valence-corrected chi connectivity index (χ1v) is 12.0. The number of aliphatic hydroxyl groups excluding tert-OH is 1. The van der Waals surface area contributed by atoms with E-state index >= 15 is 0 Å². The molecule has 35 heavy (non-hydrogen) atoms. The van der Waals surface area contributed by atoms with Crippen molar-refractivity contribution >= 4 is 46.3 Å². The molecule has 3 aromatic rings. The molecule has 1 unspecified atom stereocenters. The Balaban J connectivity index is 1.89. The molecule has 0 bridgehead atoms. The van der Waals surface area contributed by atoms with Crippen LogP contribution in [-0.4, -0.2) is 23.4 Å². The maximum atomic E-state index is 13.3. The fourth-order valence-corrected chi connectivity index (χ4v) is 4.33. The number of carbonyl (C=O) groups excluding carboxylic acids is 2. The number of aryl methyl sites for hydroxylation is 1. The van der Waals surface area contributed by atoms with Crippen LogP contribution in [0.4, 0.5) is 5.69 Å². The number of nitrogens with zero attached hydrogens (tertiary/aromatic N) is 1. The molecule has 0 aliphatic carbocycles. The van der Waals surface area contributed by atoms with Crippen LogP contribution in [0.1, 0.15) is 36.6 Å². The van der Waals surface area contributed by atoms with E-state index in [1.807, 2.05) is 39.0 Å². The Morgan fingerprint density at radius 3 is 2.43 bits per heavy atom. The molecule has 3 aromatic carbocycles. The summed E-state index contributed by atoms with van der Waals surface area (Å²) < 4.78 is 5.78. The molecule has 0 spiro atoms. The van der Waals surface area contributed by atoms with E-state index in [1.54, 1.807) is 48.5 Å². The lowest BCUT2D eigenvalue weighted by molar-refractivity contribution is -0.132. The third kappa shape index (κ3) is 5.07. The number of aliphatic hydroxyl groups is 1. The first-order chi connectivity index (χ1) is 16.7. The number of halogens is 2. The molecule has 1 aliphatic rings. The number of carbonyl (C=O) groups is 2. The van der Waals surface area contributed by atoms with E-state index in [1.165, 1.54) is 4.90 Å². The zero-order valence-corrected chi connectivity index (χ0v) is 21.1. The first kappa shape index (κ1) is 24.8. The molecule has 0 saturated carbocycles. The third-order valence-corrected chi connectivity index (χ3v) is 6.41. The molecular weight excluding hydrogens is 485 g/mol.